The van der Waals surface area contributed by atoms with Crippen LogP contribution in [0.25, 0.3) is 0 Å². The van der Waals surface area contributed by atoms with Gasteiger partial charge >= 0.3 is 0 Å². The SMILES string of the molecule is CC(=O)[C@@H]1C(=O)C[C@](C)(O)[C@H](C(C)=O)[C@@H]1c1cccc(F)c1. The van der Waals surface area contributed by atoms with E-state index in [0.717, 1.165) is 0 Å². The zero-order valence-electron chi connectivity index (χ0n) is 12.8. The topological polar surface area (TPSA) is 71.4 Å². The molecule has 0 bridgehead atoms. The van der Waals surface area contributed by atoms with E-state index < -0.39 is 35.0 Å². The van der Waals surface area contributed by atoms with Crippen molar-refractivity contribution in [2.45, 2.75) is 38.7 Å². The molecule has 4 atom stereocenters. The molecule has 22 heavy (non-hydrogen) atoms. The fourth-order valence-corrected chi connectivity index (χ4v) is 3.62. The third kappa shape index (κ3) is 2.86. The molecule has 0 radical (unpaired) electrons. The maximum atomic E-state index is 13.6. The van der Waals surface area contributed by atoms with Gasteiger partial charge in [-0.05, 0) is 38.5 Å². The van der Waals surface area contributed by atoms with Crippen LogP contribution in [0.5, 0.6) is 0 Å². The van der Waals surface area contributed by atoms with Gasteiger partial charge < -0.3 is 5.11 Å². The summed E-state index contributed by atoms with van der Waals surface area (Å²) in [6.45, 7) is 4.02. The molecule has 1 aliphatic carbocycles. The standard InChI is InChI=1S/C17H19FO4/c1-9(19)14-13(21)8-17(3,22)16(10(2)20)15(14)11-5-4-6-12(18)7-11/h4-7,14-16,22H,8H2,1-3H3/t14-,15-,16-,17+/m1/s1. The lowest BCUT2D eigenvalue weighted by atomic mass is 9.60. The Morgan fingerprint density at radius 2 is 1.91 bits per heavy atom. The number of halogens is 1. The number of benzene rings is 1. The second kappa shape index (κ2) is 5.72. The zero-order chi connectivity index (χ0) is 16.7. The third-order valence-corrected chi connectivity index (χ3v) is 4.38. The van der Waals surface area contributed by atoms with Crippen LogP contribution in [0.4, 0.5) is 4.39 Å². The fourth-order valence-electron chi connectivity index (χ4n) is 3.62. The molecule has 1 aromatic carbocycles. The first-order chi connectivity index (χ1) is 10.1. The summed E-state index contributed by atoms with van der Waals surface area (Å²) in [5.41, 5.74) is -1.17. The normalized spacial score (nSPS) is 31.9. The van der Waals surface area contributed by atoms with E-state index in [-0.39, 0.29) is 18.0 Å². The molecule has 1 N–H and O–H groups in total. The predicted molar refractivity (Wildman–Crippen MR) is 77.7 cm³/mol. The molecule has 0 aromatic heterocycles. The quantitative estimate of drug-likeness (QED) is 0.868. The molecule has 0 heterocycles. The minimum Gasteiger partial charge on any atom is -0.389 e. The molecule has 1 aromatic rings. The largest absolute Gasteiger partial charge is 0.389 e. The van der Waals surface area contributed by atoms with E-state index in [1.165, 1.54) is 39.0 Å². The smallest absolute Gasteiger partial charge is 0.146 e. The van der Waals surface area contributed by atoms with Crippen molar-refractivity contribution in [2.75, 3.05) is 0 Å². The van der Waals surface area contributed by atoms with E-state index >= 15 is 0 Å². The number of carbonyl (C=O) groups excluding carboxylic acids is 3. The van der Waals surface area contributed by atoms with Gasteiger partial charge in [0, 0.05) is 12.3 Å². The van der Waals surface area contributed by atoms with E-state index in [1.54, 1.807) is 6.07 Å². The first-order valence-corrected chi connectivity index (χ1v) is 7.16. The second-order valence-corrected chi connectivity index (χ2v) is 6.26. The van der Waals surface area contributed by atoms with Crippen molar-refractivity contribution in [2.24, 2.45) is 11.8 Å². The van der Waals surface area contributed by atoms with Crippen LogP contribution in [0.1, 0.15) is 38.7 Å². The maximum Gasteiger partial charge on any atom is 0.146 e. The molecule has 0 spiro atoms. The average Bonchev–Trinajstić information content (AvgIpc) is 2.35. The van der Waals surface area contributed by atoms with E-state index in [4.69, 9.17) is 0 Å². The number of hydrogen-bond acceptors (Lipinski definition) is 4. The first-order valence-electron chi connectivity index (χ1n) is 7.16. The molecule has 118 valence electrons. The molecule has 1 aliphatic rings. The molecule has 5 heteroatoms. The van der Waals surface area contributed by atoms with Gasteiger partial charge in [-0.3, -0.25) is 14.4 Å². The Kier molecular flexibility index (Phi) is 4.29. The van der Waals surface area contributed by atoms with Crippen LogP contribution in [-0.4, -0.2) is 28.1 Å². The Morgan fingerprint density at radius 1 is 1.27 bits per heavy atom. The molecule has 2 rings (SSSR count). The van der Waals surface area contributed by atoms with Crippen molar-refractivity contribution in [1.29, 1.82) is 0 Å². The van der Waals surface area contributed by atoms with E-state index in [1.807, 2.05) is 0 Å². The van der Waals surface area contributed by atoms with Crippen LogP contribution >= 0.6 is 0 Å². The minimum atomic E-state index is -1.55. The van der Waals surface area contributed by atoms with Gasteiger partial charge in [-0.15, -0.1) is 0 Å². The van der Waals surface area contributed by atoms with Gasteiger partial charge in [-0.25, -0.2) is 4.39 Å². The van der Waals surface area contributed by atoms with Gasteiger partial charge in [-0.2, -0.15) is 0 Å². The molecule has 4 nitrogen and oxygen atoms in total. The summed E-state index contributed by atoms with van der Waals surface area (Å²) in [5, 5.41) is 10.5. The number of rotatable bonds is 3. The van der Waals surface area contributed by atoms with Crippen LogP contribution in [0.15, 0.2) is 24.3 Å². The summed E-state index contributed by atoms with van der Waals surface area (Å²) in [7, 11) is 0. The zero-order valence-corrected chi connectivity index (χ0v) is 12.8. The number of aliphatic hydroxyl groups is 1. The lowest BCUT2D eigenvalue weighted by Gasteiger charge is -2.44. The highest BCUT2D eigenvalue weighted by Gasteiger charge is 2.53. The lowest BCUT2D eigenvalue weighted by Crippen LogP contribution is -2.53. The minimum absolute atomic E-state index is 0.257. The van der Waals surface area contributed by atoms with Gasteiger partial charge in [0.05, 0.1) is 17.4 Å². The fraction of sp³-hybridized carbons (Fsp3) is 0.471. The van der Waals surface area contributed by atoms with Crippen LogP contribution in [-0.2, 0) is 14.4 Å². The Morgan fingerprint density at radius 3 is 2.41 bits per heavy atom. The van der Waals surface area contributed by atoms with E-state index in [9.17, 15) is 23.9 Å². The molecule has 0 unspecified atom stereocenters. The molecule has 1 saturated carbocycles. The van der Waals surface area contributed by atoms with E-state index in [0.29, 0.717) is 5.56 Å². The summed E-state index contributed by atoms with van der Waals surface area (Å²) < 4.78 is 13.6. The highest BCUT2D eigenvalue weighted by molar-refractivity contribution is 6.05. The van der Waals surface area contributed by atoms with Crippen molar-refractivity contribution in [3.8, 4) is 0 Å². The summed E-state index contributed by atoms with van der Waals surface area (Å²) >= 11 is 0. The number of carbonyl (C=O) groups is 3. The van der Waals surface area contributed by atoms with E-state index in [2.05, 4.69) is 0 Å². The van der Waals surface area contributed by atoms with Crippen molar-refractivity contribution in [1.82, 2.24) is 0 Å². The maximum absolute atomic E-state index is 13.6. The monoisotopic (exact) mass is 306 g/mol. The molecule has 0 saturated heterocycles. The lowest BCUT2D eigenvalue weighted by molar-refractivity contribution is -0.151. The Labute approximate surface area is 128 Å². The van der Waals surface area contributed by atoms with Crippen LogP contribution in [0.3, 0.4) is 0 Å². The van der Waals surface area contributed by atoms with Crippen LogP contribution in [0.2, 0.25) is 0 Å². The van der Waals surface area contributed by atoms with Crippen LogP contribution < -0.4 is 0 Å². The Hall–Kier alpha value is -1.88. The molecule has 1 fully saturated rings. The predicted octanol–water partition coefficient (Wildman–Crippen LogP) is 2.04. The summed E-state index contributed by atoms with van der Waals surface area (Å²) in [4.78, 5) is 36.3. The van der Waals surface area contributed by atoms with Crippen LogP contribution in [0, 0.1) is 17.7 Å². The van der Waals surface area contributed by atoms with Crippen molar-refractivity contribution >= 4 is 17.3 Å². The third-order valence-electron chi connectivity index (χ3n) is 4.38. The highest BCUT2D eigenvalue weighted by Crippen LogP contribution is 2.46. The van der Waals surface area contributed by atoms with Gasteiger partial charge in [0.1, 0.15) is 23.2 Å². The highest BCUT2D eigenvalue weighted by atomic mass is 19.1. The van der Waals surface area contributed by atoms with Crippen molar-refractivity contribution < 1.29 is 23.9 Å². The van der Waals surface area contributed by atoms with Gasteiger partial charge in [0.2, 0.25) is 0 Å². The van der Waals surface area contributed by atoms with Crippen molar-refractivity contribution in [3.05, 3.63) is 35.6 Å². The number of Topliss-reactive ketones (excluding diaryl/α,β-unsaturated/α-hetero) is 3. The summed E-state index contributed by atoms with van der Waals surface area (Å²) in [6, 6.07) is 5.50. The van der Waals surface area contributed by atoms with Crippen molar-refractivity contribution in [3.63, 3.8) is 0 Å². The Bertz CT molecular complexity index is 635. The molecule has 0 amide bonds. The first kappa shape index (κ1) is 16.5. The average molecular weight is 306 g/mol. The second-order valence-electron chi connectivity index (χ2n) is 6.26. The number of ketones is 3. The van der Waals surface area contributed by atoms with Gasteiger partial charge in [-0.1, -0.05) is 12.1 Å². The molecular weight excluding hydrogens is 287 g/mol. The molecule has 0 aliphatic heterocycles. The summed E-state index contributed by atoms with van der Waals surface area (Å²) in [6.07, 6.45) is -0.257. The Balaban J connectivity index is 2.64. The molecular formula is C17H19FO4. The van der Waals surface area contributed by atoms with Gasteiger partial charge in [0.15, 0.2) is 0 Å². The van der Waals surface area contributed by atoms with Gasteiger partial charge in [0.25, 0.3) is 0 Å². The summed E-state index contributed by atoms with van der Waals surface area (Å²) in [5.74, 6) is -4.43. The number of hydrogen-bond donors (Lipinski definition) is 1.